The molecular formula is C24H27FN2O4. The predicted octanol–water partition coefficient (Wildman–Crippen LogP) is 4.21. The monoisotopic (exact) mass is 426 g/mol. The van der Waals surface area contributed by atoms with E-state index in [9.17, 15) is 18.8 Å². The molecule has 6 nitrogen and oxygen atoms in total. The quantitative estimate of drug-likeness (QED) is 0.506. The van der Waals surface area contributed by atoms with E-state index >= 15 is 0 Å². The first-order valence-electron chi connectivity index (χ1n) is 10.5. The number of carbonyl (C=O) groups excluding carboxylic acids is 3. The van der Waals surface area contributed by atoms with Gasteiger partial charge in [-0.1, -0.05) is 6.92 Å². The number of Topliss-reactive ketones (excluding diaryl/α,β-unsaturated/α-hetero) is 1. The molecule has 0 aromatic heterocycles. The number of anilines is 2. The summed E-state index contributed by atoms with van der Waals surface area (Å²) in [5.74, 6) is -1.04. The fourth-order valence-electron chi connectivity index (χ4n) is 3.43. The van der Waals surface area contributed by atoms with Crippen molar-refractivity contribution in [2.24, 2.45) is 5.92 Å². The molecule has 1 aliphatic heterocycles. The third-order valence-corrected chi connectivity index (χ3v) is 5.39. The van der Waals surface area contributed by atoms with Gasteiger partial charge in [0.25, 0.3) is 5.91 Å². The Morgan fingerprint density at radius 1 is 1.00 bits per heavy atom. The van der Waals surface area contributed by atoms with Gasteiger partial charge in [-0.3, -0.25) is 14.4 Å². The van der Waals surface area contributed by atoms with Crippen LogP contribution >= 0.6 is 0 Å². The largest absolute Gasteiger partial charge is 0.456 e. The summed E-state index contributed by atoms with van der Waals surface area (Å²) in [5, 5.41) is 2.69. The van der Waals surface area contributed by atoms with Crippen LogP contribution in [-0.2, 0) is 14.3 Å². The van der Waals surface area contributed by atoms with Gasteiger partial charge in [-0.15, -0.1) is 0 Å². The van der Waals surface area contributed by atoms with Crippen molar-refractivity contribution in [1.82, 2.24) is 0 Å². The Hall–Kier alpha value is -3.22. The molecule has 1 fully saturated rings. The summed E-state index contributed by atoms with van der Waals surface area (Å²) in [6.07, 6.45) is 2.15. The third kappa shape index (κ3) is 6.91. The molecule has 0 saturated carbocycles. The molecule has 0 aliphatic carbocycles. The van der Waals surface area contributed by atoms with Crippen molar-refractivity contribution in [1.29, 1.82) is 0 Å². The molecule has 0 bridgehead atoms. The summed E-state index contributed by atoms with van der Waals surface area (Å²) in [6, 6.07) is 12.7. The van der Waals surface area contributed by atoms with E-state index in [1.54, 1.807) is 0 Å². The van der Waals surface area contributed by atoms with Gasteiger partial charge >= 0.3 is 5.97 Å². The number of hydrogen-bond donors (Lipinski definition) is 1. The van der Waals surface area contributed by atoms with Crippen LogP contribution in [0.25, 0.3) is 0 Å². The van der Waals surface area contributed by atoms with Crippen molar-refractivity contribution < 1.29 is 23.5 Å². The van der Waals surface area contributed by atoms with Crippen molar-refractivity contribution >= 4 is 29.0 Å². The van der Waals surface area contributed by atoms with Crippen LogP contribution < -0.4 is 10.2 Å². The van der Waals surface area contributed by atoms with E-state index in [0.717, 1.165) is 24.7 Å². The summed E-state index contributed by atoms with van der Waals surface area (Å²) in [5.41, 5.74) is 2.08. The molecule has 0 radical (unpaired) electrons. The number of carbonyl (C=O) groups is 3. The minimum absolute atomic E-state index is 0.0666. The lowest BCUT2D eigenvalue weighted by Crippen LogP contribution is -2.32. The van der Waals surface area contributed by atoms with Gasteiger partial charge in [-0.25, -0.2) is 4.39 Å². The molecule has 7 heteroatoms. The maximum absolute atomic E-state index is 12.9. The van der Waals surface area contributed by atoms with Crippen molar-refractivity contribution in [3.8, 4) is 0 Å². The van der Waals surface area contributed by atoms with Crippen LogP contribution in [0.2, 0.25) is 0 Å². The van der Waals surface area contributed by atoms with Crippen molar-refractivity contribution in [2.45, 2.75) is 32.6 Å². The van der Waals surface area contributed by atoms with Crippen molar-refractivity contribution in [3.05, 3.63) is 59.9 Å². The van der Waals surface area contributed by atoms with Crippen LogP contribution in [0, 0.1) is 11.7 Å². The van der Waals surface area contributed by atoms with Gasteiger partial charge in [-0.2, -0.15) is 0 Å². The summed E-state index contributed by atoms with van der Waals surface area (Å²) in [6.45, 7) is 3.92. The van der Waals surface area contributed by atoms with E-state index in [2.05, 4.69) is 17.1 Å². The number of ketones is 1. The number of piperidine rings is 1. The normalized spacial score (nSPS) is 14.2. The second-order valence-electron chi connectivity index (χ2n) is 7.86. The number of amides is 1. The summed E-state index contributed by atoms with van der Waals surface area (Å²) in [4.78, 5) is 38.2. The maximum Gasteiger partial charge on any atom is 0.306 e. The standard InChI is InChI=1S/C24H27FN2O4/c1-17-12-14-27(15-13-17)21-8-6-20(7-9-21)26-23(29)16-31-24(30)11-10-22(28)18-2-4-19(25)5-3-18/h2-9,17H,10-16H2,1H3,(H,26,29). The molecular weight excluding hydrogens is 399 g/mol. The topological polar surface area (TPSA) is 75.7 Å². The number of rotatable bonds is 8. The third-order valence-electron chi connectivity index (χ3n) is 5.39. The van der Waals surface area contributed by atoms with Crippen molar-refractivity contribution in [2.75, 3.05) is 29.9 Å². The van der Waals surface area contributed by atoms with E-state index in [4.69, 9.17) is 4.74 Å². The van der Waals surface area contributed by atoms with Crippen LogP contribution in [-0.4, -0.2) is 37.4 Å². The minimum Gasteiger partial charge on any atom is -0.456 e. The van der Waals surface area contributed by atoms with Crippen LogP contribution in [0.5, 0.6) is 0 Å². The summed E-state index contributed by atoms with van der Waals surface area (Å²) >= 11 is 0. The molecule has 164 valence electrons. The molecule has 2 aromatic rings. The highest BCUT2D eigenvalue weighted by molar-refractivity contribution is 5.98. The van der Waals surface area contributed by atoms with Gasteiger partial charge in [0.2, 0.25) is 0 Å². The second-order valence-corrected chi connectivity index (χ2v) is 7.86. The van der Waals surface area contributed by atoms with Gasteiger partial charge in [0.15, 0.2) is 12.4 Å². The maximum atomic E-state index is 12.9. The Labute approximate surface area is 181 Å². The number of esters is 1. The van der Waals surface area contributed by atoms with Crippen LogP contribution in [0.15, 0.2) is 48.5 Å². The molecule has 31 heavy (non-hydrogen) atoms. The predicted molar refractivity (Wildman–Crippen MR) is 117 cm³/mol. The lowest BCUT2D eigenvalue weighted by atomic mass is 9.99. The Morgan fingerprint density at radius 3 is 2.29 bits per heavy atom. The number of hydrogen-bond acceptors (Lipinski definition) is 5. The van der Waals surface area contributed by atoms with Crippen LogP contribution in [0.1, 0.15) is 43.0 Å². The Kier molecular flexibility index (Phi) is 7.76. The zero-order chi connectivity index (χ0) is 22.2. The number of nitrogens with zero attached hydrogens (tertiary/aromatic N) is 1. The van der Waals surface area contributed by atoms with Gasteiger partial charge in [0, 0.05) is 36.4 Å². The van der Waals surface area contributed by atoms with Gasteiger partial charge < -0.3 is 15.0 Å². The molecule has 1 amide bonds. The highest BCUT2D eigenvalue weighted by atomic mass is 19.1. The Bertz CT molecular complexity index is 904. The SMILES string of the molecule is CC1CCN(c2ccc(NC(=O)COC(=O)CCC(=O)c3ccc(F)cc3)cc2)CC1. The molecule has 1 aliphatic rings. The second kappa shape index (κ2) is 10.7. The van der Waals surface area contributed by atoms with E-state index in [1.807, 2.05) is 24.3 Å². The summed E-state index contributed by atoms with van der Waals surface area (Å²) in [7, 11) is 0. The highest BCUT2D eigenvalue weighted by Crippen LogP contribution is 2.24. The van der Waals surface area contributed by atoms with Crippen molar-refractivity contribution in [3.63, 3.8) is 0 Å². The van der Waals surface area contributed by atoms with Crippen LogP contribution in [0.3, 0.4) is 0 Å². The molecule has 3 rings (SSSR count). The lowest BCUT2D eigenvalue weighted by Gasteiger charge is -2.32. The number of ether oxygens (including phenoxy) is 1. The molecule has 1 saturated heterocycles. The molecule has 0 atom stereocenters. The smallest absolute Gasteiger partial charge is 0.306 e. The van der Waals surface area contributed by atoms with Gasteiger partial charge in [-0.05, 0) is 67.3 Å². The highest BCUT2D eigenvalue weighted by Gasteiger charge is 2.16. The molecule has 2 aromatic carbocycles. The first kappa shape index (κ1) is 22.5. The summed E-state index contributed by atoms with van der Waals surface area (Å²) < 4.78 is 17.8. The Morgan fingerprint density at radius 2 is 1.65 bits per heavy atom. The fraction of sp³-hybridized carbons (Fsp3) is 0.375. The van der Waals surface area contributed by atoms with Gasteiger partial charge in [0.05, 0.1) is 6.42 Å². The Balaban J connectivity index is 1.38. The fourth-order valence-corrected chi connectivity index (χ4v) is 3.43. The van der Waals surface area contributed by atoms with Gasteiger partial charge in [0.1, 0.15) is 5.82 Å². The van der Waals surface area contributed by atoms with Crippen LogP contribution in [0.4, 0.5) is 15.8 Å². The van der Waals surface area contributed by atoms with E-state index < -0.39 is 24.3 Å². The molecule has 0 spiro atoms. The average molecular weight is 426 g/mol. The zero-order valence-corrected chi connectivity index (χ0v) is 17.6. The number of benzene rings is 2. The average Bonchev–Trinajstić information content (AvgIpc) is 2.77. The zero-order valence-electron chi connectivity index (χ0n) is 17.6. The number of halogens is 1. The molecule has 0 unspecified atom stereocenters. The first-order chi connectivity index (χ1) is 14.9. The lowest BCUT2D eigenvalue weighted by molar-refractivity contribution is -0.147. The van der Waals surface area contributed by atoms with E-state index in [-0.39, 0.29) is 18.6 Å². The van der Waals surface area contributed by atoms with E-state index in [0.29, 0.717) is 11.3 Å². The minimum atomic E-state index is -0.639. The van der Waals surface area contributed by atoms with E-state index in [1.165, 1.54) is 37.1 Å². The first-order valence-corrected chi connectivity index (χ1v) is 10.5. The molecule has 1 heterocycles. The molecule has 1 N–H and O–H groups in total. The number of nitrogens with one attached hydrogen (secondary N) is 1.